The van der Waals surface area contributed by atoms with Gasteiger partial charge < -0.3 is 10.0 Å². The molecule has 1 amide bonds. The highest BCUT2D eigenvalue weighted by atomic mass is 16.6. The average Bonchev–Trinajstić information content (AvgIpc) is 2.42. The Labute approximate surface area is 124 Å². The van der Waals surface area contributed by atoms with Crippen molar-refractivity contribution in [1.29, 1.82) is 0 Å². The van der Waals surface area contributed by atoms with Gasteiger partial charge in [0.2, 0.25) is 0 Å². The Hall–Kier alpha value is -1.95. The molecule has 0 heterocycles. The summed E-state index contributed by atoms with van der Waals surface area (Å²) >= 11 is 0. The number of carbonyl (C=O) groups is 1. The summed E-state index contributed by atoms with van der Waals surface area (Å²) in [4.78, 5) is 24.6. The predicted octanol–water partition coefficient (Wildman–Crippen LogP) is 2.39. The first kappa shape index (κ1) is 17.1. The number of carbonyl (C=O) groups excluding carboxylic acids is 1. The van der Waals surface area contributed by atoms with Crippen molar-refractivity contribution in [2.24, 2.45) is 0 Å². The summed E-state index contributed by atoms with van der Waals surface area (Å²) in [6.45, 7) is 7.31. The Balaban J connectivity index is 3.16. The van der Waals surface area contributed by atoms with Gasteiger partial charge >= 0.3 is 0 Å². The molecule has 0 saturated heterocycles. The Kier molecular flexibility index (Phi) is 5.84. The van der Waals surface area contributed by atoms with Crippen molar-refractivity contribution in [2.45, 2.75) is 46.3 Å². The zero-order valence-electron chi connectivity index (χ0n) is 12.9. The maximum absolute atomic E-state index is 12.5. The average molecular weight is 294 g/mol. The van der Waals surface area contributed by atoms with Crippen LogP contribution in [0.1, 0.15) is 43.6 Å². The molecule has 0 aliphatic rings. The number of nitro groups is 1. The lowest BCUT2D eigenvalue weighted by molar-refractivity contribution is -0.385. The number of aliphatic hydroxyl groups is 1. The van der Waals surface area contributed by atoms with Gasteiger partial charge in [-0.1, -0.05) is 13.0 Å². The molecule has 0 aliphatic heterocycles. The maximum Gasteiger partial charge on any atom is 0.273 e. The molecule has 6 nitrogen and oxygen atoms in total. The number of nitrogens with zero attached hydrogens (tertiary/aromatic N) is 2. The van der Waals surface area contributed by atoms with E-state index in [9.17, 15) is 20.0 Å². The van der Waals surface area contributed by atoms with Gasteiger partial charge in [-0.3, -0.25) is 14.9 Å². The lowest BCUT2D eigenvalue weighted by Gasteiger charge is -2.28. The number of benzene rings is 1. The summed E-state index contributed by atoms with van der Waals surface area (Å²) in [5.41, 5.74) is 0.834. The zero-order chi connectivity index (χ0) is 16.2. The van der Waals surface area contributed by atoms with Crippen LogP contribution in [0, 0.1) is 10.1 Å². The summed E-state index contributed by atoms with van der Waals surface area (Å²) in [7, 11) is 0. The molecule has 1 unspecified atom stereocenters. The van der Waals surface area contributed by atoms with Gasteiger partial charge in [0.05, 0.1) is 11.0 Å². The van der Waals surface area contributed by atoms with E-state index in [1.54, 1.807) is 19.1 Å². The number of aliphatic hydroxyl groups excluding tert-OH is 1. The van der Waals surface area contributed by atoms with E-state index >= 15 is 0 Å². The number of hydrogen-bond donors (Lipinski definition) is 1. The van der Waals surface area contributed by atoms with Crippen LogP contribution in [-0.4, -0.2) is 39.5 Å². The van der Waals surface area contributed by atoms with Crippen molar-refractivity contribution in [3.8, 4) is 0 Å². The fraction of sp³-hybridized carbons (Fsp3) is 0.533. The van der Waals surface area contributed by atoms with Gasteiger partial charge in [-0.15, -0.1) is 0 Å². The number of rotatable bonds is 6. The van der Waals surface area contributed by atoms with E-state index in [1.807, 2.05) is 20.8 Å². The highest BCUT2D eigenvalue weighted by molar-refractivity contribution is 5.95. The van der Waals surface area contributed by atoms with Crippen LogP contribution < -0.4 is 0 Å². The Morgan fingerprint density at radius 2 is 2.00 bits per heavy atom. The lowest BCUT2D eigenvalue weighted by atomic mass is 10.1. The van der Waals surface area contributed by atoms with Crippen LogP contribution >= 0.6 is 0 Å². The van der Waals surface area contributed by atoms with Crippen molar-refractivity contribution < 1.29 is 14.8 Å². The fourth-order valence-electron chi connectivity index (χ4n) is 2.14. The van der Waals surface area contributed by atoms with Gasteiger partial charge in [0.15, 0.2) is 0 Å². The lowest BCUT2D eigenvalue weighted by Crippen LogP contribution is -2.41. The summed E-state index contributed by atoms with van der Waals surface area (Å²) in [5, 5.41) is 20.6. The van der Waals surface area contributed by atoms with Crippen LogP contribution in [0.2, 0.25) is 0 Å². The van der Waals surface area contributed by atoms with Gasteiger partial charge in [0.25, 0.3) is 11.6 Å². The maximum atomic E-state index is 12.5. The normalized spacial score (nSPS) is 12.3. The first-order chi connectivity index (χ1) is 9.77. The van der Waals surface area contributed by atoms with Crippen molar-refractivity contribution >= 4 is 11.6 Å². The van der Waals surface area contributed by atoms with E-state index in [4.69, 9.17) is 0 Å². The second kappa shape index (κ2) is 7.17. The molecule has 0 radical (unpaired) electrons. The Bertz CT molecular complexity index is 526. The Morgan fingerprint density at radius 1 is 1.38 bits per heavy atom. The molecule has 0 aliphatic carbocycles. The molecule has 1 rings (SSSR count). The highest BCUT2D eigenvalue weighted by Crippen LogP contribution is 2.22. The van der Waals surface area contributed by atoms with Gasteiger partial charge in [-0.05, 0) is 33.3 Å². The van der Waals surface area contributed by atoms with E-state index < -0.39 is 11.0 Å². The van der Waals surface area contributed by atoms with Gasteiger partial charge in [-0.2, -0.15) is 0 Å². The summed E-state index contributed by atoms with van der Waals surface area (Å²) in [6, 6.07) is 4.44. The molecule has 1 atom stereocenters. The number of nitro benzene ring substituents is 1. The summed E-state index contributed by atoms with van der Waals surface area (Å²) < 4.78 is 0. The largest absolute Gasteiger partial charge is 0.392 e. The van der Waals surface area contributed by atoms with Crippen LogP contribution in [0.15, 0.2) is 18.2 Å². The second-order valence-corrected chi connectivity index (χ2v) is 5.35. The molecule has 21 heavy (non-hydrogen) atoms. The second-order valence-electron chi connectivity index (χ2n) is 5.35. The van der Waals surface area contributed by atoms with E-state index in [0.29, 0.717) is 12.0 Å². The molecule has 0 saturated carbocycles. The molecule has 1 aromatic rings. The molecule has 0 aromatic heterocycles. The SMILES string of the molecule is CCc1ccc(C(=O)N(CC(C)O)C(C)C)cc1[N+](=O)[O-]. The highest BCUT2D eigenvalue weighted by Gasteiger charge is 2.23. The molecular weight excluding hydrogens is 272 g/mol. The number of hydrogen-bond acceptors (Lipinski definition) is 4. The molecule has 0 spiro atoms. The van der Waals surface area contributed by atoms with E-state index in [0.717, 1.165) is 0 Å². The minimum atomic E-state index is -0.652. The van der Waals surface area contributed by atoms with Crippen LogP contribution in [-0.2, 0) is 6.42 Å². The standard InChI is InChI=1S/C15H22N2O4/c1-5-12-6-7-13(8-14(12)17(20)21)15(19)16(10(2)3)9-11(4)18/h6-8,10-11,18H,5,9H2,1-4H3. The van der Waals surface area contributed by atoms with Gasteiger partial charge in [0, 0.05) is 29.8 Å². The smallest absolute Gasteiger partial charge is 0.273 e. The summed E-state index contributed by atoms with van der Waals surface area (Å²) in [6.07, 6.45) is -0.118. The minimum Gasteiger partial charge on any atom is -0.392 e. The molecular formula is C15H22N2O4. The van der Waals surface area contributed by atoms with Crippen molar-refractivity contribution in [1.82, 2.24) is 4.90 Å². The zero-order valence-corrected chi connectivity index (χ0v) is 12.9. The molecule has 0 bridgehead atoms. The molecule has 1 aromatic carbocycles. The number of amides is 1. The van der Waals surface area contributed by atoms with Gasteiger partial charge in [0.1, 0.15) is 0 Å². The van der Waals surface area contributed by atoms with Crippen molar-refractivity contribution in [3.05, 3.63) is 39.4 Å². The van der Waals surface area contributed by atoms with Gasteiger partial charge in [-0.25, -0.2) is 0 Å². The minimum absolute atomic E-state index is 0.0379. The van der Waals surface area contributed by atoms with E-state index in [2.05, 4.69) is 0 Å². The van der Waals surface area contributed by atoms with Crippen molar-refractivity contribution in [3.63, 3.8) is 0 Å². The van der Waals surface area contributed by atoms with Crippen LogP contribution in [0.4, 0.5) is 5.69 Å². The number of aryl methyl sites for hydroxylation is 1. The Morgan fingerprint density at radius 3 is 2.43 bits per heavy atom. The fourth-order valence-corrected chi connectivity index (χ4v) is 2.14. The quantitative estimate of drug-likeness (QED) is 0.645. The van der Waals surface area contributed by atoms with Crippen LogP contribution in [0.3, 0.4) is 0 Å². The predicted molar refractivity (Wildman–Crippen MR) is 80.3 cm³/mol. The van der Waals surface area contributed by atoms with Crippen molar-refractivity contribution in [2.75, 3.05) is 6.54 Å². The molecule has 6 heteroatoms. The third-order valence-electron chi connectivity index (χ3n) is 3.25. The molecule has 116 valence electrons. The van der Waals surface area contributed by atoms with Crippen LogP contribution in [0.25, 0.3) is 0 Å². The summed E-state index contributed by atoms with van der Waals surface area (Å²) in [5.74, 6) is -0.309. The monoisotopic (exact) mass is 294 g/mol. The van der Waals surface area contributed by atoms with Crippen LogP contribution in [0.5, 0.6) is 0 Å². The first-order valence-corrected chi connectivity index (χ1v) is 7.04. The topological polar surface area (TPSA) is 83.7 Å². The van der Waals surface area contributed by atoms with E-state index in [1.165, 1.54) is 11.0 Å². The third-order valence-corrected chi connectivity index (χ3v) is 3.25. The molecule has 0 fully saturated rings. The molecule has 1 N–H and O–H groups in total. The van der Waals surface area contributed by atoms with E-state index in [-0.39, 0.29) is 29.7 Å². The first-order valence-electron chi connectivity index (χ1n) is 7.04. The third kappa shape index (κ3) is 4.26.